The van der Waals surface area contributed by atoms with Crippen LogP contribution < -0.4 is 0 Å². The number of carboxylic acid groups (broad SMARTS) is 3. The molecule has 3 unspecified atom stereocenters. The monoisotopic (exact) mass is 582 g/mol. The zero-order valence-corrected chi connectivity index (χ0v) is 27.0. The minimum atomic E-state index is -1.08. The van der Waals surface area contributed by atoms with Crippen LogP contribution in [-0.2, 0) is 14.4 Å². The summed E-state index contributed by atoms with van der Waals surface area (Å²) in [6.07, 6.45) is 24.6. The van der Waals surface area contributed by atoms with Crippen LogP contribution in [0.1, 0.15) is 163 Å². The summed E-state index contributed by atoms with van der Waals surface area (Å²) in [7, 11) is 0. The number of aliphatic carboxylic acids is 3. The fourth-order valence-corrected chi connectivity index (χ4v) is 6.47. The molecule has 0 spiro atoms. The second-order valence-corrected chi connectivity index (χ2v) is 11.9. The number of quaternary nitrogens is 1. The fourth-order valence-electron chi connectivity index (χ4n) is 6.47. The molecule has 0 rings (SSSR count). The van der Waals surface area contributed by atoms with Gasteiger partial charge < -0.3 is 15.3 Å². The van der Waals surface area contributed by atoms with Crippen LogP contribution in [0.2, 0.25) is 0 Å². The molecular weight excluding hydrogens is 518 g/mol. The third-order valence-corrected chi connectivity index (χ3v) is 8.57. The van der Waals surface area contributed by atoms with Crippen LogP contribution in [0.4, 0.5) is 0 Å². The van der Waals surface area contributed by atoms with Gasteiger partial charge in [0.2, 0.25) is 0 Å². The van der Waals surface area contributed by atoms with E-state index in [1.807, 2.05) is 20.8 Å². The predicted octanol–water partition coefficient (Wildman–Crippen LogP) is 8.99. The molecule has 0 bridgehead atoms. The van der Waals surface area contributed by atoms with Gasteiger partial charge in [0.15, 0.2) is 18.1 Å². The molecule has 0 aromatic carbocycles. The number of carbonyl (C=O) groups is 3. The van der Waals surface area contributed by atoms with Crippen molar-refractivity contribution in [1.82, 2.24) is 0 Å². The molecule has 240 valence electrons. The lowest BCUT2D eigenvalue weighted by Crippen LogP contribution is -2.72. The van der Waals surface area contributed by atoms with E-state index < -0.39 is 36.0 Å². The van der Waals surface area contributed by atoms with Crippen LogP contribution >= 0.6 is 0 Å². The minimum absolute atomic E-state index is 0.270. The Labute approximate surface area is 251 Å². The molecule has 0 saturated heterocycles. The zero-order chi connectivity index (χ0) is 30.9. The molecule has 0 aliphatic rings. The molecule has 3 atom stereocenters. The maximum absolute atomic E-state index is 12.6. The first kappa shape index (κ1) is 39.1. The summed E-state index contributed by atoms with van der Waals surface area (Å²) < 4.78 is -0.370. The Morgan fingerprint density at radius 2 is 0.805 bits per heavy atom. The third kappa shape index (κ3) is 15.2. The number of unbranched alkanes of at least 4 members (excludes halogenated alkanes) is 13. The molecular formula is C34H64NO6+. The summed E-state index contributed by atoms with van der Waals surface area (Å²) in [6.45, 7) is 8.12. The maximum Gasteiger partial charge on any atom is 0.362 e. The lowest BCUT2D eigenvalue weighted by molar-refractivity contribution is -0.973. The van der Waals surface area contributed by atoms with Crippen molar-refractivity contribution in [1.29, 1.82) is 0 Å². The van der Waals surface area contributed by atoms with Crippen LogP contribution in [0.25, 0.3) is 0 Å². The quantitative estimate of drug-likeness (QED) is 0.0461. The highest BCUT2D eigenvalue weighted by atomic mass is 16.4. The Bertz CT molecular complexity index is 662. The molecule has 7 heteroatoms. The molecule has 7 nitrogen and oxygen atoms in total. The number of nitrogens with zero attached hydrogens (tertiary/aromatic N) is 1. The molecule has 0 radical (unpaired) electrons. The van der Waals surface area contributed by atoms with Crippen molar-refractivity contribution < 1.29 is 34.2 Å². The SMILES string of the molecule is CCC/C=C/CCCCCCCCCCCCCC[N+](C(CCC)C(=O)O)(C(CCC)C(=O)O)C(CCC)C(=O)O. The Kier molecular flexibility index (Phi) is 23.5. The molecule has 0 aromatic heterocycles. The van der Waals surface area contributed by atoms with Gasteiger partial charge in [0.05, 0.1) is 6.54 Å². The van der Waals surface area contributed by atoms with E-state index in [4.69, 9.17) is 0 Å². The van der Waals surface area contributed by atoms with E-state index in [-0.39, 0.29) is 30.3 Å². The van der Waals surface area contributed by atoms with Crippen molar-refractivity contribution in [2.75, 3.05) is 6.54 Å². The molecule has 3 N–H and O–H groups in total. The topological polar surface area (TPSA) is 112 Å². The predicted molar refractivity (Wildman–Crippen MR) is 168 cm³/mol. The highest BCUT2D eigenvalue weighted by molar-refractivity contribution is 5.78. The van der Waals surface area contributed by atoms with Crippen molar-refractivity contribution in [2.24, 2.45) is 0 Å². The number of hydrogen-bond donors (Lipinski definition) is 3. The van der Waals surface area contributed by atoms with Gasteiger partial charge in [0.1, 0.15) is 0 Å². The summed E-state index contributed by atoms with van der Waals surface area (Å²) in [5.74, 6) is -3.25. The first-order valence-corrected chi connectivity index (χ1v) is 16.9. The summed E-state index contributed by atoms with van der Waals surface area (Å²) in [5, 5.41) is 30.8. The van der Waals surface area contributed by atoms with Crippen LogP contribution in [0.3, 0.4) is 0 Å². The molecule has 0 heterocycles. The van der Waals surface area contributed by atoms with Crippen molar-refractivity contribution in [2.45, 2.75) is 181 Å². The average Bonchev–Trinajstić information content (AvgIpc) is 2.93. The summed E-state index contributed by atoms with van der Waals surface area (Å²) in [6, 6.07) is -3.13. The Morgan fingerprint density at radius 1 is 0.488 bits per heavy atom. The largest absolute Gasteiger partial charge is 0.477 e. The molecule has 0 fully saturated rings. The van der Waals surface area contributed by atoms with Gasteiger partial charge in [-0.15, -0.1) is 0 Å². The highest BCUT2D eigenvalue weighted by Gasteiger charge is 2.56. The lowest BCUT2D eigenvalue weighted by Gasteiger charge is -2.50. The van der Waals surface area contributed by atoms with Crippen molar-refractivity contribution in [3.05, 3.63) is 12.2 Å². The first-order chi connectivity index (χ1) is 19.7. The van der Waals surface area contributed by atoms with Crippen LogP contribution in [0, 0.1) is 0 Å². The number of hydrogen-bond acceptors (Lipinski definition) is 3. The van der Waals surface area contributed by atoms with Crippen molar-refractivity contribution in [3.8, 4) is 0 Å². The second kappa shape index (κ2) is 24.7. The van der Waals surface area contributed by atoms with Gasteiger partial charge in [0.25, 0.3) is 0 Å². The van der Waals surface area contributed by atoms with Gasteiger partial charge in [0, 0.05) is 19.3 Å². The molecule has 0 amide bonds. The van der Waals surface area contributed by atoms with E-state index in [1.54, 1.807) is 0 Å². The average molecular weight is 583 g/mol. The Morgan fingerprint density at radius 3 is 1.12 bits per heavy atom. The van der Waals surface area contributed by atoms with E-state index in [2.05, 4.69) is 19.1 Å². The van der Waals surface area contributed by atoms with Crippen LogP contribution in [0.15, 0.2) is 12.2 Å². The molecule has 41 heavy (non-hydrogen) atoms. The van der Waals surface area contributed by atoms with Gasteiger partial charge in [-0.25, -0.2) is 14.4 Å². The number of carboxylic acids is 3. The maximum atomic E-state index is 12.6. The molecule has 0 saturated carbocycles. The van der Waals surface area contributed by atoms with Gasteiger partial charge in [-0.3, -0.25) is 4.48 Å². The molecule has 0 aromatic rings. The molecule has 0 aliphatic heterocycles. The van der Waals surface area contributed by atoms with E-state index >= 15 is 0 Å². The van der Waals surface area contributed by atoms with Gasteiger partial charge in [-0.2, -0.15) is 0 Å². The number of rotatable bonds is 29. The fraction of sp³-hybridized carbons (Fsp3) is 0.853. The first-order valence-electron chi connectivity index (χ1n) is 16.9. The second-order valence-electron chi connectivity index (χ2n) is 11.9. The lowest BCUT2D eigenvalue weighted by atomic mass is 9.91. The standard InChI is InChI=1S/C34H63NO6/c1-5-9-10-11-12-13-14-15-16-17-18-19-20-21-22-23-24-28-35(29(25-6-2)32(36)37,30(26-7-3)33(38)39)31(27-8-4)34(40)41/h10-11,29-31H,5-9,12-28H2,1-4H3,(H2-,36,37,38,39,40,41)/p+1/b11-10+. The van der Waals surface area contributed by atoms with Gasteiger partial charge >= 0.3 is 17.9 Å². The van der Waals surface area contributed by atoms with E-state index in [1.165, 1.54) is 70.6 Å². The zero-order valence-electron chi connectivity index (χ0n) is 27.0. The van der Waals surface area contributed by atoms with Gasteiger partial charge in [-0.1, -0.05) is 104 Å². The van der Waals surface area contributed by atoms with Crippen LogP contribution in [-0.4, -0.2) is 62.4 Å². The van der Waals surface area contributed by atoms with E-state index in [0.717, 1.165) is 19.3 Å². The summed E-state index contributed by atoms with van der Waals surface area (Å²) >= 11 is 0. The summed E-state index contributed by atoms with van der Waals surface area (Å²) in [4.78, 5) is 37.7. The third-order valence-electron chi connectivity index (χ3n) is 8.57. The van der Waals surface area contributed by atoms with Crippen molar-refractivity contribution in [3.63, 3.8) is 0 Å². The highest BCUT2D eigenvalue weighted by Crippen LogP contribution is 2.34. The van der Waals surface area contributed by atoms with Gasteiger partial charge in [-0.05, 0) is 51.4 Å². The van der Waals surface area contributed by atoms with Crippen molar-refractivity contribution >= 4 is 17.9 Å². The molecule has 0 aliphatic carbocycles. The Balaban J connectivity index is 4.98. The van der Waals surface area contributed by atoms with E-state index in [0.29, 0.717) is 25.7 Å². The smallest absolute Gasteiger partial charge is 0.362 e. The Hall–Kier alpha value is -1.89. The number of allylic oxidation sites excluding steroid dienone is 2. The van der Waals surface area contributed by atoms with Crippen LogP contribution in [0.5, 0.6) is 0 Å². The minimum Gasteiger partial charge on any atom is -0.477 e. The van der Waals surface area contributed by atoms with E-state index in [9.17, 15) is 29.7 Å². The normalized spacial score (nSPS) is 15.4. The summed E-state index contributed by atoms with van der Waals surface area (Å²) in [5.41, 5.74) is 0.